The van der Waals surface area contributed by atoms with Gasteiger partial charge in [-0.25, -0.2) is 4.98 Å². The summed E-state index contributed by atoms with van der Waals surface area (Å²) in [6.07, 6.45) is 15.8. The minimum Gasteiger partial charge on any atom is -0.484 e. The van der Waals surface area contributed by atoms with Gasteiger partial charge in [-0.05, 0) is 114 Å². The summed E-state index contributed by atoms with van der Waals surface area (Å²) < 4.78 is 6.47. The molecule has 0 saturated heterocycles. The van der Waals surface area contributed by atoms with Gasteiger partial charge in [-0.1, -0.05) is 206 Å². The van der Waals surface area contributed by atoms with Crippen molar-refractivity contribution in [2.75, 3.05) is 0 Å². The largest absolute Gasteiger partial charge is 0.484 e. The summed E-state index contributed by atoms with van der Waals surface area (Å²) in [5.74, 6) is 1.16. The van der Waals surface area contributed by atoms with Gasteiger partial charge in [0.15, 0.2) is 0 Å². The Morgan fingerprint density at radius 1 is 0.514 bits per heavy atom. The molecule has 70 heavy (non-hydrogen) atoms. The monoisotopic (exact) mass is 894 g/mol. The van der Waals surface area contributed by atoms with Crippen molar-refractivity contribution < 1.29 is 4.74 Å². The molecular formula is C67H46N2O. The summed E-state index contributed by atoms with van der Waals surface area (Å²) in [5.41, 5.74) is 19.1. The highest BCUT2D eigenvalue weighted by Gasteiger charge is 2.45. The molecule has 3 heteroatoms. The zero-order valence-corrected chi connectivity index (χ0v) is 38.6. The Labute approximate surface area is 408 Å². The number of rotatable bonds is 6. The van der Waals surface area contributed by atoms with Gasteiger partial charge in [0.05, 0.1) is 23.3 Å². The van der Waals surface area contributed by atoms with Crippen LogP contribution in [-0.4, -0.2) is 16.1 Å². The Morgan fingerprint density at radius 2 is 1.13 bits per heavy atom. The number of para-hydroxylation sites is 1. The molecule has 0 bridgehead atoms. The van der Waals surface area contributed by atoms with E-state index in [0.717, 1.165) is 45.1 Å². The zero-order chi connectivity index (χ0) is 46.3. The molecule has 9 aromatic carbocycles. The van der Waals surface area contributed by atoms with E-state index in [-0.39, 0.29) is 17.9 Å². The number of hydrogen-bond acceptors (Lipinski definition) is 3. The van der Waals surface area contributed by atoms with Crippen LogP contribution in [0.25, 0.3) is 88.6 Å². The standard InChI is InChI=1S/C67H46N2O/c1-67-35-34-54(52-31-27-43-11-3-5-13-49(43)37-52)40-61(67)60-39-53(51-30-26-42-10-2-4-12-48(42)36-51)32-33-58(60)64-66(67)69-62(41-68-64)55-15-8-14-50(38-55)46-22-20-44(21-23-46)45-24-28-47(29-25-45)56-17-9-18-59-57-16-6-7-19-63(57)70-65(56)59/h2-41,56,61,65H,1H3. The maximum Gasteiger partial charge on any atom is 0.135 e. The van der Waals surface area contributed by atoms with E-state index in [1.807, 2.05) is 12.3 Å². The van der Waals surface area contributed by atoms with E-state index in [1.165, 1.54) is 77.2 Å². The van der Waals surface area contributed by atoms with Crippen molar-refractivity contribution in [1.29, 1.82) is 0 Å². The molecule has 0 N–H and O–H groups in total. The maximum atomic E-state index is 6.47. The van der Waals surface area contributed by atoms with E-state index in [9.17, 15) is 0 Å². The summed E-state index contributed by atoms with van der Waals surface area (Å²) >= 11 is 0. The summed E-state index contributed by atoms with van der Waals surface area (Å²) in [4.78, 5) is 10.9. The molecule has 0 fully saturated rings. The van der Waals surface area contributed by atoms with Crippen molar-refractivity contribution >= 4 is 32.7 Å². The highest BCUT2D eigenvalue weighted by molar-refractivity contribution is 5.91. The lowest BCUT2D eigenvalue weighted by molar-refractivity contribution is 0.258. The topological polar surface area (TPSA) is 35.0 Å². The third-order valence-corrected chi connectivity index (χ3v) is 15.4. The summed E-state index contributed by atoms with van der Waals surface area (Å²) in [7, 11) is 0. The summed E-state index contributed by atoms with van der Waals surface area (Å²) in [6, 6.07) is 72.7. The number of benzene rings is 9. The second kappa shape index (κ2) is 16.0. The van der Waals surface area contributed by atoms with Crippen LogP contribution in [0.4, 0.5) is 0 Å². The van der Waals surface area contributed by atoms with Crippen LogP contribution in [0.15, 0.2) is 243 Å². The molecule has 1 aromatic heterocycles. The molecule has 2 heterocycles. The Morgan fingerprint density at radius 3 is 1.91 bits per heavy atom. The first-order chi connectivity index (χ1) is 34.5. The number of aromatic nitrogens is 2. The van der Waals surface area contributed by atoms with Crippen LogP contribution in [0.5, 0.6) is 5.75 Å². The lowest BCUT2D eigenvalue weighted by atomic mass is 9.62. The summed E-state index contributed by atoms with van der Waals surface area (Å²) in [6.45, 7) is 2.35. The highest BCUT2D eigenvalue weighted by atomic mass is 16.5. The van der Waals surface area contributed by atoms with Gasteiger partial charge in [0.25, 0.3) is 0 Å². The molecule has 0 spiro atoms. The van der Waals surface area contributed by atoms with Gasteiger partial charge in [0.2, 0.25) is 0 Å². The average molecular weight is 895 g/mol. The second-order valence-electron chi connectivity index (χ2n) is 19.4. The number of hydrogen-bond donors (Lipinski definition) is 0. The minimum absolute atomic E-state index is 0.000916. The maximum absolute atomic E-state index is 6.47. The average Bonchev–Trinajstić information content (AvgIpc) is 3.82. The van der Waals surface area contributed by atoms with Crippen molar-refractivity contribution in [3.05, 3.63) is 271 Å². The molecule has 0 saturated carbocycles. The first-order valence-corrected chi connectivity index (χ1v) is 24.4. The first kappa shape index (κ1) is 40.4. The molecule has 4 atom stereocenters. The Balaban J connectivity index is 0.783. The van der Waals surface area contributed by atoms with Crippen molar-refractivity contribution in [2.45, 2.75) is 30.3 Å². The fraction of sp³-hybridized carbons (Fsp3) is 0.0746. The van der Waals surface area contributed by atoms with Crippen molar-refractivity contribution in [2.24, 2.45) is 0 Å². The number of nitrogens with zero attached hydrogens (tertiary/aromatic N) is 2. The molecule has 0 amide bonds. The van der Waals surface area contributed by atoms with E-state index in [1.54, 1.807) is 0 Å². The molecule has 4 aliphatic rings. The van der Waals surface area contributed by atoms with Gasteiger partial charge in [-0.2, -0.15) is 0 Å². The van der Waals surface area contributed by atoms with Crippen LogP contribution in [0, 0.1) is 0 Å². The fourth-order valence-electron chi connectivity index (χ4n) is 11.5. The quantitative estimate of drug-likeness (QED) is 0.167. The van der Waals surface area contributed by atoms with Gasteiger partial charge in [-0.3, -0.25) is 4.98 Å². The third kappa shape index (κ3) is 6.64. The van der Waals surface area contributed by atoms with E-state index in [0.29, 0.717) is 0 Å². The van der Waals surface area contributed by atoms with Crippen LogP contribution >= 0.6 is 0 Å². The third-order valence-electron chi connectivity index (χ3n) is 15.4. The van der Waals surface area contributed by atoms with Crippen molar-refractivity contribution in [1.82, 2.24) is 9.97 Å². The van der Waals surface area contributed by atoms with Crippen molar-refractivity contribution in [3.8, 4) is 61.6 Å². The molecule has 1 aliphatic heterocycles. The zero-order valence-electron chi connectivity index (χ0n) is 38.6. The number of ether oxygens (including phenoxy) is 1. The van der Waals surface area contributed by atoms with Gasteiger partial charge in [0.1, 0.15) is 11.9 Å². The molecule has 330 valence electrons. The predicted molar refractivity (Wildman–Crippen MR) is 289 cm³/mol. The first-order valence-electron chi connectivity index (χ1n) is 24.4. The fourth-order valence-corrected chi connectivity index (χ4v) is 11.5. The van der Waals surface area contributed by atoms with Gasteiger partial charge in [-0.15, -0.1) is 0 Å². The minimum atomic E-state index is -0.442. The van der Waals surface area contributed by atoms with Crippen molar-refractivity contribution in [3.63, 3.8) is 0 Å². The molecule has 3 aliphatic carbocycles. The predicted octanol–water partition coefficient (Wildman–Crippen LogP) is 16.6. The van der Waals surface area contributed by atoms with Crippen LogP contribution in [0.2, 0.25) is 0 Å². The lowest BCUT2D eigenvalue weighted by Gasteiger charge is -2.42. The molecule has 0 radical (unpaired) electrons. The van der Waals surface area contributed by atoms with Crippen LogP contribution in [0.3, 0.4) is 0 Å². The van der Waals surface area contributed by atoms with E-state index in [2.05, 4.69) is 238 Å². The van der Waals surface area contributed by atoms with Crippen LogP contribution in [-0.2, 0) is 5.41 Å². The second-order valence-corrected chi connectivity index (χ2v) is 19.4. The molecule has 3 nitrogen and oxygen atoms in total. The normalized spacial score (nSPS) is 19.3. The van der Waals surface area contributed by atoms with Crippen LogP contribution in [0.1, 0.15) is 46.7 Å². The van der Waals surface area contributed by atoms with Gasteiger partial charge >= 0.3 is 0 Å². The molecular weight excluding hydrogens is 849 g/mol. The SMILES string of the molecule is CC12C=CC(c3ccc4ccccc4c3)=CC1c1cc(-c3ccc4ccccc4c3)ccc1-c1ncc(-c3cccc(-c4ccc(-c5ccc(C6C=CC=C7c8ccccc8OC76)cc5)cc4)c3)nc12. The molecule has 10 aromatic rings. The smallest absolute Gasteiger partial charge is 0.135 e. The molecule has 14 rings (SSSR count). The number of allylic oxidation sites excluding steroid dienone is 6. The van der Waals surface area contributed by atoms with E-state index < -0.39 is 5.41 Å². The Bertz CT molecular complexity index is 3890. The highest BCUT2D eigenvalue weighted by Crippen LogP contribution is 2.55. The number of fused-ring (bicyclic) bond motifs is 11. The van der Waals surface area contributed by atoms with E-state index >= 15 is 0 Å². The van der Waals surface area contributed by atoms with Gasteiger partial charge in [0, 0.05) is 39.5 Å². The summed E-state index contributed by atoms with van der Waals surface area (Å²) in [5, 5.41) is 4.97. The Hall–Kier alpha value is -8.66. The van der Waals surface area contributed by atoms with E-state index in [4.69, 9.17) is 14.7 Å². The van der Waals surface area contributed by atoms with Crippen LogP contribution < -0.4 is 4.74 Å². The van der Waals surface area contributed by atoms with Gasteiger partial charge < -0.3 is 4.74 Å². The lowest BCUT2D eigenvalue weighted by Crippen LogP contribution is -2.35. The Kier molecular flexibility index (Phi) is 9.22. The molecule has 4 unspecified atom stereocenters.